The lowest BCUT2D eigenvalue weighted by atomic mass is 10.1. The van der Waals surface area contributed by atoms with Crippen molar-refractivity contribution in [2.24, 2.45) is 0 Å². The quantitative estimate of drug-likeness (QED) is 0.943. The Morgan fingerprint density at radius 2 is 2.32 bits per heavy atom. The summed E-state index contributed by atoms with van der Waals surface area (Å²) in [7, 11) is 0. The molecule has 6 heteroatoms. The minimum absolute atomic E-state index is 0.0476. The van der Waals surface area contributed by atoms with E-state index in [1.807, 2.05) is 10.3 Å². The molecule has 1 saturated heterocycles. The van der Waals surface area contributed by atoms with Crippen LogP contribution in [0.1, 0.15) is 41.9 Å². The predicted octanol–water partition coefficient (Wildman–Crippen LogP) is 2.82. The molecular weight excluding hydrogens is 300 g/mol. The molecule has 0 aromatic carbocycles. The number of thiophene rings is 1. The number of carbonyl (C=O) groups is 2. The summed E-state index contributed by atoms with van der Waals surface area (Å²) in [4.78, 5) is 26.5. The van der Waals surface area contributed by atoms with Gasteiger partial charge in [0.1, 0.15) is 6.04 Å². The van der Waals surface area contributed by atoms with Crippen LogP contribution >= 0.6 is 11.3 Å². The topological polar surface area (TPSA) is 62.6 Å². The van der Waals surface area contributed by atoms with Crippen LogP contribution in [-0.4, -0.2) is 29.3 Å². The highest BCUT2D eigenvalue weighted by molar-refractivity contribution is 7.07. The molecule has 0 bridgehead atoms. The van der Waals surface area contributed by atoms with Crippen LogP contribution in [0.5, 0.6) is 0 Å². The molecule has 0 saturated carbocycles. The number of rotatable bonds is 4. The van der Waals surface area contributed by atoms with Gasteiger partial charge in [0, 0.05) is 6.54 Å². The number of furan rings is 1. The van der Waals surface area contributed by atoms with Crippen LogP contribution in [0.4, 0.5) is 0 Å². The summed E-state index contributed by atoms with van der Waals surface area (Å²) in [5.74, 6) is -0.193. The first-order valence-electron chi connectivity index (χ1n) is 7.34. The summed E-state index contributed by atoms with van der Waals surface area (Å²) in [5.41, 5.74) is 1.18. The summed E-state index contributed by atoms with van der Waals surface area (Å²) >= 11 is 1.64. The smallest absolute Gasteiger partial charge is 0.287 e. The summed E-state index contributed by atoms with van der Waals surface area (Å²) in [6, 6.07) is 4.84. The lowest BCUT2D eigenvalue weighted by molar-refractivity contribution is -0.133. The fourth-order valence-corrected chi connectivity index (χ4v) is 3.53. The molecule has 2 atom stereocenters. The van der Waals surface area contributed by atoms with Crippen molar-refractivity contribution in [2.45, 2.75) is 31.8 Å². The standard InChI is InChI=1S/C16H18N2O3S/c1-11(17-15(19)14-5-3-8-21-14)16(20)18-7-2-4-13(18)12-6-9-22-10-12/h3,5-6,8-11,13H,2,4,7H2,1H3,(H,17,19)/t11-,13-/m0/s1. The van der Waals surface area contributed by atoms with E-state index in [2.05, 4.69) is 16.8 Å². The molecule has 22 heavy (non-hydrogen) atoms. The third-order valence-corrected chi connectivity index (χ3v) is 4.63. The van der Waals surface area contributed by atoms with E-state index >= 15 is 0 Å². The van der Waals surface area contributed by atoms with E-state index in [0.717, 1.165) is 19.4 Å². The highest BCUT2D eigenvalue weighted by Crippen LogP contribution is 2.33. The molecule has 3 rings (SSSR count). The summed E-state index contributed by atoms with van der Waals surface area (Å²) in [5, 5.41) is 6.82. The lowest BCUT2D eigenvalue weighted by Crippen LogP contribution is -2.46. The normalized spacial score (nSPS) is 19.1. The number of hydrogen-bond acceptors (Lipinski definition) is 4. The monoisotopic (exact) mass is 318 g/mol. The maximum atomic E-state index is 12.6. The Labute approximate surface area is 132 Å². The van der Waals surface area contributed by atoms with Gasteiger partial charge < -0.3 is 14.6 Å². The van der Waals surface area contributed by atoms with Crippen molar-refractivity contribution in [3.05, 3.63) is 46.5 Å². The van der Waals surface area contributed by atoms with Crippen molar-refractivity contribution >= 4 is 23.2 Å². The Bertz CT molecular complexity index is 636. The molecule has 0 radical (unpaired) electrons. The first-order chi connectivity index (χ1) is 10.7. The highest BCUT2D eigenvalue weighted by atomic mass is 32.1. The van der Waals surface area contributed by atoms with E-state index in [1.165, 1.54) is 11.8 Å². The summed E-state index contributed by atoms with van der Waals surface area (Å²) in [6.07, 6.45) is 3.40. The Hall–Kier alpha value is -2.08. The number of likely N-dealkylation sites (tertiary alicyclic amines) is 1. The van der Waals surface area contributed by atoms with Gasteiger partial charge in [-0.15, -0.1) is 0 Å². The second-order valence-corrected chi connectivity index (χ2v) is 6.20. The van der Waals surface area contributed by atoms with Gasteiger partial charge in [-0.3, -0.25) is 9.59 Å². The number of carbonyl (C=O) groups excluding carboxylic acids is 2. The minimum atomic E-state index is -0.572. The van der Waals surface area contributed by atoms with Crippen LogP contribution in [0.15, 0.2) is 39.6 Å². The Morgan fingerprint density at radius 1 is 1.45 bits per heavy atom. The zero-order valence-electron chi connectivity index (χ0n) is 12.3. The molecule has 5 nitrogen and oxygen atoms in total. The summed E-state index contributed by atoms with van der Waals surface area (Å²) < 4.78 is 5.05. The number of amides is 2. The largest absolute Gasteiger partial charge is 0.459 e. The van der Waals surface area contributed by atoms with Gasteiger partial charge >= 0.3 is 0 Å². The molecule has 1 N–H and O–H groups in total. The molecule has 0 unspecified atom stereocenters. The molecule has 2 aromatic rings. The molecule has 1 fully saturated rings. The second-order valence-electron chi connectivity index (χ2n) is 5.42. The van der Waals surface area contributed by atoms with E-state index < -0.39 is 6.04 Å². The molecule has 2 amide bonds. The van der Waals surface area contributed by atoms with Gasteiger partial charge in [0.25, 0.3) is 5.91 Å². The SMILES string of the molecule is C[C@H](NC(=O)c1ccco1)C(=O)N1CCC[C@H]1c1ccsc1. The zero-order valence-corrected chi connectivity index (χ0v) is 13.1. The average Bonchev–Trinajstić information content (AvgIpc) is 3.26. The molecule has 116 valence electrons. The van der Waals surface area contributed by atoms with Crippen molar-refractivity contribution in [2.75, 3.05) is 6.54 Å². The van der Waals surface area contributed by atoms with E-state index in [-0.39, 0.29) is 23.6 Å². The van der Waals surface area contributed by atoms with Crippen LogP contribution in [0, 0.1) is 0 Å². The van der Waals surface area contributed by atoms with E-state index in [9.17, 15) is 9.59 Å². The molecule has 0 spiro atoms. The Morgan fingerprint density at radius 3 is 3.00 bits per heavy atom. The molecule has 2 aromatic heterocycles. The van der Waals surface area contributed by atoms with Gasteiger partial charge in [0.15, 0.2) is 5.76 Å². The first-order valence-corrected chi connectivity index (χ1v) is 8.28. The van der Waals surface area contributed by atoms with Crippen molar-refractivity contribution in [1.29, 1.82) is 0 Å². The third-order valence-electron chi connectivity index (χ3n) is 3.93. The van der Waals surface area contributed by atoms with Gasteiger partial charge in [0.05, 0.1) is 12.3 Å². The van der Waals surface area contributed by atoms with E-state index in [1.54, 1.807) is 30.4 Å². The summed E-state index contributed by atoms with van der Waals surface area (Å²) in [6.45, 7) is 2.45. The molecule has 1 aliphatic heterocycles. The lowest BCUT2D eigenvalue weighted by Gasteiger charge is -2.27. The van der Waals surface area contributed by atoms with Crippen LogP contribution in [0.2, 0.25) is 0 Å². The van der Waals surface area contributed by atoms with Crippen molar-refractivity contribution in [1.82, 2.24) is 10.2 Å². The molecule has 3 heterocycles. The van der Waals surface area contributed by atoms with Crippen molar-refractivity contribution < 1.29 is 14.0 Å². The van der Waals surface area contributed by atoms with E-state index in [4.69, 9.17) is 4.42 Å². The van der Waals surface area contributed by atoms with Gasteiger partial charge in [-0.25, -0.2) is 0 Å². The maximum Gasteiger partial charge on any atom is 0.287 e. The van der Waals surface area contributed by atoms with Crippen molar-refractivity contribution in [3.8, 4) is 0 Å². The fourth-order valence-electron chi connectivity index (χ4n) is 2.83. The van der Waals surface area contributed by atoms with Gasteiger partial charge in [-0.05, 0) is 54.3 Å². The Balaban J connectivity index is 1.66. The second kappa shape index (κ2) is 6.36. The minimum Gasteiger partial charge on any atom is -0.459 e. The molecule has 0 aliphatic carbocycles. The van der Waals surface area contributed by atoms with Crippen LogP contribution < -0.4 is 5.32 Å². The van der Waals surface area contributed by atoms with Gasteiger partial charge in [0.2, 0.25) is 5.91 Å². The van der Waals surface area contributed by atoms with Crippen LogP contribution in [-0.2, 0) is 4.79 Å². The number of nitrogens with zero attached hydrogens (tertiary/aromatic N) is 1. The zero-order chi connectivity index (χ0) is 15.5. The third kappa shape index (κ3) is 2.92. The molecular formula is C16H18N2O3S. The van der Waals surface area contributed by atoms with E-state index in [0.29, 0.717) is 0 Å². The van der Waals surface area contributed by atoms with Crippen LogP contribution in [0.25, 0.3) is 0 Å². The average molecular weight is 318 g/mol. The predicted molar refractivity (Wildman–Crippen MR) is 83.6 cm³/mol. The highest BCUT2D eigenvalue weighted by Gasteiger charge is 2.33. The number of nitrogens with one attached hydrogen (secondary N) is 1. The molecule has 1 aliphatic rings. The van der Waals surface area contributed by atoms with Gasteiger partial charge in [-0.2, -0.15) is 11.3 Å². The maximum absolute atomic E-state index is 12.6. The first kappa shape index (κ1) is 14.8. The Kier molecular flexibility index (Phi) is 4.29. The fraction of sp³-hybridized carbons (Fsp3) is 0.375. The van der Waals surface area contributed by atoms with Crippen molar-refractivity contribution in [3.63, 3.8) is 0 Å². The number of hydrogen-bond donors (Lipinski definition) is 1. The van der Waals surface area contributed by atoms with Crippen LogP contribution in [0.3, 0.4) is 0 Å². The van der Waals surface area contributed by atoms with Gasteiger partial charge in [-0.1, -0.05) is 0 Å².